The lowest BCUT2D eigenvalue weighted by atomic mass is 10.1. The second-order valence-electron chi connectivity index (χ2n) is 2.87. The molecule has 14 heavy (non-hydrogen) atoms. The second kappa shape index (κ2) is 4.05. The van der Waals surface area contributed by atoms with Crippen molar-refractivity contribution in [3.63, 3.8) is 0 Å². The SMILES string of the molecule is Clc1cc(CBr)c2cccc(Cl)c2n1. The number of alkyl halides is 1. The summed E-state index contributed by atoms with van der Waals surface area (Å²) in [5.74, 6) is 0. The first-order valence-electron chi connectivity index (χ1n) is 4.02. The van der Waals surface area contributed by atoms with Crippen LogP contribution in [-0.4, -0.2) is 4.98 Å². The maximum Gasteiger partial charge on any atom is 0.130 e. The molecule has 0 unspecified atom stereocenters. The van der Waals surface area contributed by atoms with Crippen LogP contribution in [0.2, 0.25) is 10.2 Å². The van der Waals surface area contributed by atoms with E-state index in [1.807, 2.05) is 24.3 Å². The number of hydrogen-bond donors (Lipinski definition) is 0. The standard InChI is InChI=1S/C10H6BrCl2N/c11-5-6-4-9(13)14-10-7(6)2-1-3-8(10)12/h1-4H,5H2. The molecule has 2 rings (SSSR count). The van der Waals surface area contributed by atoms with Gasteiger partial charge in [0, 0.05) is 10.7 Å². The van der Waals surface area contributed by atoms with Crippen molar-refractivity contribution in [1.82, 2.24) is 4.98 Å². The van der Waals surface area contributed by atoms with Crippen molar-refractivity contribution in [2.45, 2.75) is 5.33 Å². The first-order valence-corrected chi connectivity index (χ1v) is 5.89. The molecule has 0 spiro atoms. The molecule has 2 aromatic rings. The van der Waals surface area contributed by atoms with Gasteiger partial charge in [0.05, 0.1) is 10.5 Å². The van der Waals surface area contributed by atoms with Crippen molar-refractivity contribution in [3.05, 3.63) is 40.0 Å². The molecular weight excluding hydrogens is 285 g/mol. The quantitative estimate of drug-likeness (QED) is 0.559. The van der Waals surface area contributed by atoms with Gasteiger partial charge in [-0.3, -0.25) is 0 Å². The van der Waals surface area contributed by atoms with Crippen LogP contribution in [0.5, 0.6) is 0 Å². The Morgan fingerprint density at radius 1 is 1.29 bits per heavy atom. The molecule has 0 atom stereocenters. The number of hydrogen-bond acceptors (Lipinski definition) is 1. The van der Waals surface area contributed by atoms with E-state index < -0.39 is 0 Å². The number of rotatable bonds is 1. The molecule has 0 fully saturated rings. The molecule has 72 valence electrons. The summed E-state index contributed by atoms with van der Waals surface area (Å²) < 4.78 is 0. The average Bonchev–Trinajstić information content (AvgIpc) is 2.18. The van der Waals surface area contributed by atoms with Crippen LogP contribution in [0.3, 0.4) is 0 Å². The van der Waals surface area contributed by atoms with Gasteiger partial charge in [0.25, 0.3) is 0 Å². The van der Waals surface area contributed by atoms with E-state index >= 15 is 0 Å². The highest BCUT2D eigenvalue weighted by Gasteiger charge is 2.06. The number of aromatic nitrogens is 1. The molecule has 0 aliphatic heterocycles. The normalized spacial score (nSPS) is 10.8. The summed E-state index contributed by atoms with van der Waals surface area (Å²) in [6.07, 6.45) is 0. The zero-order chi connectivity index (χ0) is 10.1. The molecule has 1 aromatic carbocycles. The zero-order valence-corrected chi connectivity index (χ0v) is 10.2. The van der Waals surface area contributed by atoms with E-state index in [1.54, 1.807) is 0 Å². The number of pyridine rings is 1. The van der Waals surface area contributed by atoms with Crippen molar-refractivity contribution >= 4 is 50.0 Å². The van der Waals surface area contributed by atoms with Crippen LogP contribution in [0, 0.1) is 0 Å². The van der Waals surface area contributed by atoms with Gasteiger partial charge in [-0.1, -0.05) is 51.3 Å². The highest BCUT2D eigenvalue weighted by Crippen LogP contribution is 2.27. The van der Waals surface area contributed by atoms with Gasteiger partial charge in [-0.05, 0) is 17.7 Å². The van der Waals surface area contributed by atoms with Gasteiger partial charge in [-0.2, -0.15) is 0 Å². The number of nitrogens with zero attached hydrogens (tertiary/aromatic N) is 1. The number of halogens is 3. The number of para-hydroxylation sites is 1. The lowest BCUT2D eigenvalue weighted by Gasteiger charge is -2.04. The summed E-state index contributed by atoms with van der Waals surface area (Å²) in [5, 5.41) is 2.89. The maximum atomic E-state index is 6.02. The van der Waals surface area contributed by atoms with E-state index in [9.17, 15) is 0 Å². The van der Waals surface area contributed by atoms with Gasteiger partial charge in [-0.25, -0.2) is 4.98 Å². The van der Waals surface area contributed by atoms with Gasteiger partial charge in [-0.15, -0.1) is 0 Å². The first-order chi connectivity index (χ1) is 6.72. The molecule has 0 aliphatic carbocycles. The lowest BCUT2D eigenvalue weighted by molar-refractivity contribution is 1.36. The van der Waals surface area contributed by atoms with Crippen LogP contribution in [0.25, 0.3) is 10.9 Å². The first kappa shape index (κ1) is 10.2. The average molecular weight is 291 g/mol. The minimum absolute atomic E-state index is 0.472. The Labute approximate surface area is 100 Å². The highest BCUT2D eigenvalue weighted by molar-refractivity contribution is 9.08. The Morgan fingerprint density at radius 3 is 2.79 bits per heavy atom. The van der Waals surface area contributed by atoms with Crippen molar-refractivity contribution in [1.29, 1.82) is 0 Å². The molecule has 0 radical (unpaired) electrons. The predicted molar refractivity (Wildman–Crippen MR) is 64.4 cm³/mol. The molecule has 0 aliphatic rings. The van der Waals surface area contributed by atoms with Crippen molar-refractivity contribution in [3.8, 4) is 0 Å². The van der Waals surface area contributed by atoms with E-state index in [2.05, 4.69) is 20.9 Å². The monoisotopic (exact) mass is 289 g/mol. The van der Waals surface area contributed by atoms with Gasteiger partial charge in [0.1, 0.15) is 5.15 Å². The van der Waals surface area contributed by atoms with Gasteiger partial charge in [0.15, 0.2) is 0 Å². The predicted octanol–water partition coefficient (Wildman–Crippen LogP) is 4.44. The van der Waals surface area contributed by atoms with Gasteiger partial charge < -0.3 is 0 Å². The summed E-state index contributed by atoms with van der Waals surface area (Å²) >= 11 is 15.3. The maximum absolute atomic E-state index is 6.02. The fourth-order valence-electron chi connectivity index (χ4n) is 1.36. The highest BCUT2D eigenvalue weighted by atomic mass is 79.9. The fraction of sp³-hybridized carbons (Fsp3) is 0.100. The van der Waals surface area contributed by atoms with Crippen molar-refractivity contribution in [2.24, 2.45) is 0 Å². The minimum atomic E-state index is 0.472. The molecule has 1 nitrogen and oxygen atoms in total. The summed E-state index contributed by atoms with van der Waals surface area (Å²) in [6, 6.07) is 7.55. The van der Waals surface area contributed by atoms with Crippen LogP contribution in [0.1, 0.15) is 5.56 Å². The molecule has 1 aromatic heterocycles. The molecule has 1 heterocycles. The van der Waals surface area contributed by atoms with Crippen LogP contribution >= 0.6 is 39.1 Å². The summed E-state index contributed by atoms with van der Waals surface area (Å²) in [7, 11) is 0. The van der Waals surface area contributed by atoms with E-state index in [4.69, 9.17) is 23.2 Å². The molecule has 0 N–H and O–H groups in total. The van der Waals surface area contributed by atoms with E-state index in [-0.39, 0.29) is 0 Å². The Balaban J connectivity index is 2.87. The van der Waals surface area contributed by atoms with Gasteiger partial charge >= 0.3 is 0 Å². The van der Waals surface area contributed by atoms with E-state index in [0.717, 1.165) is 21.8 Å². The molecule has 4 heteroatoms. The zero-order valence-electron chi connectivity index (χ0n) is 7.10. The van der Waals surface area contributed by atoms with Crippen LogP contribution < -0.4 is 0 Å². The molecule has 0 saturated heterocycles. The largest absolute Gasteiger partial charge is 0.235 e. The van der Waals surface area contributed by atoms with Gasteiger partial charge in [0.2, 0.25) is 0 Å². The molecular formula is C10H6BrCl2N. The van der Waals surface area contributed by atoms with E-state index in [0.29, 0.717) is 10.2 Å². The Morgan fingerprint density at radius 2 is 2.07 bits per heavy atom. The summed E-state index contributed by atoms with van der Waals surface area (Å²) in [4.78, 5) is 4.20. The number of fused-ring (bicyclic) bond motifs is 1. The third-order valence-corrected chi connectivity index (χ3v) is 3.09. The third kappa shape index (κ3) is 1.74. The second-order valence-corrected chi connectivity index (χ2v) is 4.23. The Hall–Kier alpha value is -0.310. The summed E-state index contributed by atoms with van der Waals surface area (Å²) in [5.41, 5.74) is 1.86. The smallest absolute Gasteiger partial charge is 0.130 e. The minimum Gasteiger partial charge on any atom is -0.235 e. The third-order valence-electron chi connectivity index (χ3n) is 1.99. The van der Waals surface area contributed by atoms with Crippen molar-refractivity contribution in [2.75, 3.05) is 0 Å². The van der Waals surface area contributed by atoms with Crippen molar-refractivity contribution < 1.29 is 0 Å². The molecule has 0 bridgehead atoms. The Kier molecular flexibility index (Phi) is 2.96. The van der Waals surface area contributed by atoms with Crippen LogP contribution in [0.4, 0.5) is 0 Å². The van der Waals surface area contributed by atoms with E-state index in [1.165, 1.54) is 0 Å². The Bertz CT molecular complexity index is 485. The molecule has 0 amide bonds. The van der Waals surface area contributed by atoms with Crippen LogP contribution in [-0.2, 0) is 5.33 Å². The summed E-state index contributed by atoms with van der Waals surface area (Å²) in [6.45, 7) is 0. The topological polar surface area (TPSA) is 12.9 Å². The fourth-order valence-corrected chi connectivity index (χ4v) is 2.26. The molecule has 0 saturated carbocycles. The number of benzene rings is 1. The lowest BCUT2D eigenvalue weighted by Crippen LogP contribution is -1.87. The van der Waals surface area contributed by atoms with Crippen LogP contribution in [0.15, 0.2) is 24.3 Å².